The average molecular weight is 987 g/mol. The van der Waals surface area contributed by atoms with E-state index in [0.29, 0.717) is 0 Å². The van der Waals surface area contributed by atoms with Crippen molar-refractivity contribution in [3.05, 3.63) is 0 Å². The van der Waals surface area contributed by atoms with Gasteiger partial charge >= 0.3 is 47.8 Å². The van der Waals surface area contributed by atoms with E-state index in [9.17, 15) is 47.9 Å². The first-order valence-corrected chi connectivity index (χ1v) is 22.6. The van der Waals surface area contributed by atoms with E-state index < -0.39 is 146 Å². The van der Waals surface area contributed by atoms with Gasteiger partial charge in [0, 0.05) is 80.0 Å². The molecule has 2 saturated heterocycles. The van der Waals surface area contributed by atoms with E-state index in [4.69, 9.17) is 68.3 Å². The van der Waals surface area contributed by atoms with Crippen molar-refractivity contribution in [1.82, 2.24) is 10.6 Å². The van der Waals surface area contributed by atoms with E-state index >= 15 is 0 Å². The van der Waals surface area contributed by atoms with Gasteiger partial charge < -0.3 is 78.9 Å². The maximum absolute atomic E-state index is 12.7. The predicted molar refractivity (Wildman–Crippen MR) is 223 cm³/mol. The zero-order valence-electron chi connectivity index (χ0n) is 37.5. The normalized spacial score (nSPS) is 25.6. The molecule has 0 aliphatic carbocycles. The number of carbonyl (C=O) groups excluding carboxylic acids is 10. The molecule has 374 valence electrons. The molecule has 26 nitrogen and oxygen atoms in total. The van der Waals surface area contributed by atoms with Gasteiger partial charge in [-0.25, -0.2) is 0 Å². The third-order valence-corrected chi connectivity index (χ3v) is 11.0. The molecular weight excluding hydrogens is 929 g/mol. The van der Waals surface area contributed by atoms with Crippen LogP contribution in [0, 0.1) is 0 Å². The van der Waals surface area contributed by atoms with Gasteiger partial charge in [-0.05, 0) is 0 Å². The highest BCUT2D eigenvalue weighted by molar-refractivity contribution is 8.76. The van der Waals surface area contributed by atoms with Crippen molar-refractivity contribution in [2.75, 3.05) is 51.0 Å². The number of ether oxygens (including phenoxy) is 12. The fourth-order valence-electron chi connectivity index (χ4n) is 6.00. The van der Waals surface area contributed by atoms with E-state index in [2.05, 4.69) is 10.6 Å². The van der Waals surface area contributed by atoms with Crippen LogP contribution >= 0.6 is 21.6 Å². The molecular formula is C38H58N4O22S2. The Morgan fingerprint density at radius 2 is 0.742 bits per heavy atom. The standard InChI is InChI=1S/C38H58N4O22S2/c1-17(43)55-13-27-29(57-19(3)45)31(59-21(5)47)33(61-23(7)49)37(63-27)53-11-9-41-35(51)25(39)15-65-66-16-26(40)36(52)42-10-12-54-38-34(62-24(8)50)32(60-22(6)48)30(58-20(4)46)28(64-38)14-56-18(2)44/h25-34,37-38H,9-16,39-40H2,1-8H3,(H,41,51)(H,42,52)/t25-,26-,27?,28?,29+,30+,31?,32?,33?,34?,37-,38-/m0/s1. The van der Waals surface area contributed by atoms with Crippen LogP contribution in [0.2, 0.25) is 0 Å². The summed E-state index contributed by atoms with van der Waals surface area (Å²) in [6, 6.07) is -2.04. The first-order chi connectivity index (χ1) is 31.0. The summed E-state index contributed by atoms with van der Waals surface area (Å²) in [6.45, 7) is 7.10. The van der Waals surface area contributed by atoms with Gasteiger partial charge in [-0.15, -0.1) is 0 Å². The minimum atomic E-state index is -1.45. The van der Waals surface area contributed by atoms with Crippen molar-refractivity contribution in [3.63, 3.8) is 0 Å². The molecule has 66 heavy (non-hydrogen) atoms. The number of rotatable bonds is 25. The highest BCUT2D eigenvalue weighted by atomic mass is 33.1. The van der Waals surface area contributed by atoms with Crippen molar-refractivity contribution in [1.29, 1.82) is 0 Å². The first kappa shape index (κ1) is 57.3. The lowest BCUT2D eigenvalue weighted by Gasteiger charge is -2.44. The van der Waals surface area contributed by atoms with Gasteiger partial charge in [-0.1, -0.05) is 21.6 Å². The van der Waals surface area contributed by atoms with Crippen LogP contribution in [0.4, 0.5) is 0 Å². The third-order valence-electron chi connectivity index (χ3n) is 8.52. The molecule has 2 aliphatic rings. The molecule has 2 heterocycles. The lowest BCUT2D eigenvalue weighted by molar-refractivity contribution is -0.307. The highest BCUT2D eigenvalue weighted by Gasteiger charge is 2.54. The van der Waals surface area contributed by atoms with E-state index in [1.165, 1.54) is 0 Å². The highest BCUT2D eigenvalue weighted by Crippen LogP contribution is 2.31. The predicted octanol–water partition coefficient (Wildman–Crippen LogP) is -2.55. The summed E-state index contributed by atoms with van der Waals surface area (Å²) >= 11 is 0. The molecule has 6 N–H and O–H groups in total. The Labute approximate surface area is 387 Å². The molecule has 28 heteroatoms. The van der Waals surface area contributed by atoms with E-state index in [-0.39, 0.29) is 37.8 Å². The van der Waals surface area contributed by atoms with Gasteiger partial charge in [0.1, 0.15) is 25.4 Å². The van der Waals surface area contributed by atoms with Crippen LogP contribution < -0.4 is 22.1 Å². The minimum Gasteiger partial charge on any atom is -0.463 e. The van der Waals surface area contributed by atoms with Gasteiger partial charge in [0.25, 0.3) is 0 Å². The van der Waals surface area contributed by atoms with E-state index in [1.807, 2.05) is 0 Å². The van der Waals surface area contributed by atoms with Gasteiger partial charge in [0.15, 0.2) is 49.2 Å². The molecule has 2 amide bonds. The largest absolute Gasteiger partial charge is 0.463 e. The molecule has 0 bridgehead atoms. The zero-order valence-corrected chi connectivity index (χ0v) is 39.2. The Hall–Kier alpha value is -4.84. The summed E-state index contributed by atoms with van der Waals surface area (Å²) in [6.07, 6.45) is -13.8. The lowest BCUT2D eigenvalue weighted by Crippen LogP contribution is -2.63. The molecule has 2 aliphatic heterocycles. The van der Waals surface area contributed by atoms with Crippen LogP contribution in [-0.2, 0) is 105 Å². The Morgan fingerprint density at radius 1 is 0.455 bits per heavy atom. The molecule has 2 rings (SSSR count). The number of hydrogen-bond donors (Lipinski definition) is 4. The first-order valence-electron chi connectivity index (χ1n) is 20.2. The van der Waals surface area contributed by atoms with Crippen molar-refractivity contribution in [2.24, 2.45) is 11.5 Å². The Balaban J connectivity index is 1.89. The SMILES string of the molecule is CC(=O)OCC1O[C@H](OCCNC(=O)[C@@H](N)CSSC[C@H](N)C(=O)NCCO[C@H]2OC(COC(C)=O)[C@@H](OC(C)=O)C(OC(C)=O)C2OC(C)=O)C(OC(C)=O)C(OC(C)=O)[C@@H]1OC(C)=O. The Kier molecular flexibility index (Phi) is 25.2. The Morgan fingerprint density at radius 3 is 1.03 bits per heavy atom. The quantitative estimate of drug-likeness (QED) is 0.0317. The van der Waals surface area contributed by atoms with Crippen LogP contribution in [0.15, 0.2) is 0 Å². The molecule has 0 radical (unpaired) electrons. The average Bonchev–Trinajstić information content (AvgIpc) is 3.20. The van der Waals surface area contributed by atoms with Gasteiger partial charge in [-0.2, -0.15) is 0 Å². The van der Waals surface area contributed by atoms with Crippen LogP contribution in [0.5, 0.6) is 0 Å². The molecule has 0 aromatic carbocycles. The fraction of sp³-hybridized carbons (Fsp3) is 0.737. The second kappa shape index (κ2) is 29.0. The summed E-state index contributed by atoms with van der Waals surface area (Å²) < 4.78 is 65.3. The third kappa shape index (κ3) is 20.8. The van der Waals surface area contributed by atoms with Crippen molar-refractivity contribution >= 4 is 81.2 Å². The summed E-state index contributed by atoms with van der Waals surface area (Å²) in [5.74, 6) is -7.21. The topological polar surface area (TPSA) is 358 Å². The smallest absolute Gasteiger partial charge is 0.303 e. The number of nitrogens with two attached hydrogens (primary N) is 2. The molecule has 0 spiro atoms. The molecule has 6 unspecified atom stereocenters. The Bertz CT molecular complexity index is 1590. The van der Waals surface area contributed by atoms with Crippen LogP contribution in [0.1, 0.15) is 55.4 Å². The molecule has 2 fully saturated rings. The molecule has 0 saturated carbocycles. The van der Waals surface area contributed by atoms with Crippen LogP contribution in [0.25, 0.3) is 0 Å². The number of nitrogens with one attached hydrogen (secondary N) is 2. The van der Waals surface area contributed by atoms with E-state index in [1.54, 1.807) is 0 Å². The zero-order chi connectivity index (χ0) is 49.7. The number of esters is 8. The second-order valence-corrected chi connectivity index (χ2v) is 16.8. The number of amides is 2. The van der Waals surface area contributed by atoms with Gasteiger partial charge in [0.2, 0.25) is 11.8 Å². The summed E-state index contributed by atoms with van der Waals surface area (Å²) in [5.41, 5.74) is 12.1. The molecule has 0 aromatic rings. The van der Waals surface area contributed by atoms with E-state index in [0.717, 1.165) is 77.0 Å². The van der Waals surface area contributed by atoms with Crippen molar-refractivity contribution in [2.45, 2.75) is 129 Å². The monoisotopic (exact) mass is 986 g/mol. The minimum absolute atomic E-state index is 0.0925. The van der Waals surface area contributed by atoms with Crippen LogP contribution in [0.3, 0.4) is 0 Å². The number of hydrogen-bond acceptors (Lipinski definition) is 26. The summed E-state index contributed by atoms with van der Waals surface area (Å²) in [7, 11) is 2.32. The summed E-state index contributed by atoms with van der Waals surface area (Å²) in [4.78, 5) is 120. The summed E-state index contributed by atoms with van der Waals surface area (Å²) in [5, 5.41) is 5.16. The van der Waals surface area contributed by atoms with Crippen molar-refractivity contribution < 1.29 is 105 Å². The molecule has 12 atom stereocenters. The molecule has 0 aromatic heterocycles. The maximum atomic E-state index is 12.7. The number of carbonyl (C=O) groups is 10. The second-order valence-electron chi connectivity index (χ2n) is 14.2. The van der Waals surface area contributed by atoms with Gasteiger partial charge in [-0.3, -0.25) is 47.9 Å². The van der Waals surface area contributed by atoms with Gasteiger partial charge in [0.05, 0.1) is 25.3 Å². The van der Waals surface area contributed by atoms with Crippen LogP contribution in [-0.4, -0.2) is 184 Å². The lowest BCUT2D eigenvalue weighted by atomic mass is 9.98. The van der Waals surface area contributed by atoms with Crippen molar-refractivity contribution in [3.8, 4) is 0 Å². The fourth-order valence-corrected chi connectivity index (χ4v) is 8.25. The maximum Gasteiger partial charge on any atom is 0.303 e.